The first-order valence-electron chi connectivity index (χ1n) is 8.93. The molecular weight excluding hydrogens is 346 g/mol. The van der Waals surface area contributed by atoms with Crippen LogP contribution in [0.5, 0.6) is 11.5 Å². The van der Waals surface area contributed by atoms with Gasteiger partial charge < -0.3 is 14.6 Å². The number of aromatic nitrogens is 1. The van der Waals surface area contributed by atoms with Gasteiger partial charge in [0.2, 0.25) is 0 Å². The predicted octanol–water partition coefficient (Wildman–Crippen LogP) is 2.04. The number of nitrogens with zero attached hydrogens (tertiary/aromatic N) is 3. The van der Waals surface area contributed by atoms with Gasteiger partial charge in [0.15, 0.2) is 0 Å². The summed E-state index contributed by atoms with van der Waals surface area (Å²) in [7, 11) is 3.09. The van der Waals surface area contributed by atoms with Crippen LogP contribution >= 0.6 is 0 Å². The number of aliphatic carboxylic acids is 1. The Hall–Kier alpha value is -2.64. The van der Waals surface area contributed by atoms with E-state index in [0.29, 0.717) is 30.2 Å². The minimum absolute atomic E-state index is 0.527. The molecule has 1 atom stereocenters. The number of carbonyl (C=O) groups is 1. The number of carboxylic acids is 1. The quantitative estimate of drug-likeness (QED) is 0.798. The summed E-state index contributed by atoms with van der Waals surface area (Å²) >= 11 is 0. The van der Waals surface area contributed by atoms with Crippen molar-refractivity contribution in [1.29, 1.82) is 0 Å². The molecule has 2 aromatic rings. The number of hydrogen-bond acceptors (Lipinski definition) is 6. The third kappa shape index (κ3) is 4.37. The number of methoxy groups -OCH3 is 2. The molecule has 0 radical (unpaired) electrons. The van der Waals surface area contributed by atoms with E-state index < -0.39 is 12.0 Å². The van der Waals surface area contributed by atoms with Crippen molar-refractivity contribution in [3.05, 3.63) is 53.9 Å². The monoisotopic (exact) mass is 371 g/mol. The van der Waals surface area contributed by atoms with Gasteiger partial charge in [-0.1, -0.05) is 12.1 Å². The van der Waals surface area contributed by atoms with Gasteiger partial charge in [-0.05, 0) is 23.8 Å². The van der Waals surface area contributed by atoms with Crippen LogP contribution in [0.2, 0.25) is 0 Å². The molecule has 1 saturated heterocycles. The second kappa shape index (κ2) is 8.83. The second-order valence-electron chi connectivity index (χ2n) is 6.49. The zero-order valence-corrected chi connectivity index (χ0v) is 15.7. The summed E-state index contributed by atoms with van der Waals surface area (Å²) in [5.41, 5.74) is 1.72. The normalized spacial score (nSPS) is 16.7. The van der Waals surface area contributed by atoms with Crippen molar-refractivity contribution in [2.24, 2.45) is 0 Å². The summed E-state index contributed by atoms with van der Waals surface area (Å²) < 4.78 is 10.8. The Morgan fingerprint density at radius 1 is 1.11 bits per heavy atom. The molecule has 1 aromatic heterocycles. The number of rotatable bonds is 7. The number of benzene rings is 1. The number of piperazine rings is 1. The topological polar surface area (TPSA) is 75.1 Å². The molecule has 1 fully saturated rings. The molecule has 1 unspecified atom stereocenters. The van der Waals surface area contributed by atoms with Crippen LogP contribution in [0.15, 0.2) is 42.7 Å². The molecule has 0 spiro atoms. The fourth-order valence-corrected chi connectivity index (χ4v) is 3.54. The first-order valence-corrected chi connectivity index (χ1v) is 8.93. The Kier molecular flexibility index (Phi) is 6.26. The maximum Gasteiger partial charge on any atom is 0.325 e. The average molecular weight is 371 g/mol. The van der Waals surface area contributed by atoms with E-state index in [1.54, 1.807) is 38.6 Å². The van der Waals surface area contributed by atoms with Gasteiger partial charge >= 0.3 is 5.97 Å². The highest BCUT2D eigenvalue weighted by molar-refractivity contribution is 5.78. The molecule has 1 aliphatic heterocycles. The van der Waals surface area contributed by atoms with Crippen molar-refractivity contribution >= 4 is 5.97 Å². The molecule has 3 rings (SSSR count). The van der Waals surface area contributed by atoms with Gasteiger partial charge in [-0.2, -0.15) is 0 Å². The Bertz CT molecular complexity index is 739. The minimum Gasteiger partial charge on any atom is -0.496 e. The molecule has 0 bridgehead atoms. The highest BCUT2D eigenvalue weighted by atomic mass is 16.5. The van der Waals surface area contributed by atoms with E-state index in [1.165, 1.54) is 0 Å². The largest absolute Gasteiger partial charge is 0.496 e. The average Bonchev–Trinajstić information content (AvgIpc) is 2.70. The van der Waals surface area contributed by atoms with E-state index in [-0.39, 0.29) is 0 Å². The van der Waals surface area contributed by atoms with E-state index in [4.69, 9.17) is 9.47 Å². The van der Waals surface area contributed by atoms with Crippen molar-refractivity contribution in [1.82, 2.24) is 14.8 Å². The van der Waals surface area contributed by atoms with Crippen LogP contribution in [0.1, 0.15) is 17.2 Å². The lowest BCUT2D eigenvalue weighted by Crippen LogP contribution is -2.49. The van der Waals surface area contributed by atoms with Crippen molar-refractivity contribution in [2.45, 2.75) is 12.6 Å². The number of carboxylic acid groups (broad SMARTS) is 1. The van der Waals surface area contributed by atoms with Crippen LogP contribution in [0.25, 0.3) is 0 Å². The molecule has 0 saturated carbocycles. The molecule has 144 valence electrons. The van der Waals surface area contributed by atoms with Gasteiger partial charge in [0.1, 0.15) is 17.5 Å². The lowest BCUT2D eigenvalue weighted by atomic mass is 10.0. The second-order valence-corrected chi connectivity index (χ2v) is 6.49. The Morgan fingerprint density at radius 2 is 1.78 bits per heavy atom. The third-order valence-corrected chi connectivity index (χ3v) is 4.87. The van der Waals surface area contributed by atoms with E-state index in [1.807, 2.05) is 17.2 Å². The molecule has 2 heterocycles. The van der Waals surface area contributed by atoms with Gasteiger partial charge in [-0.15, -0.1) is 0 Å². The number of pyridine rings is 1. The molecule has 1 aromatic carbocycles. The van der Waals surface area contributed by atoms with Crippen LogP contribution < -0.4 is 9.47 Å². The SMILES string of the molecule is COc1cccc(OC)c1C(C(=O)O)N1CCN(Cc2cccnc2)CC1. The van der Waals surface area contributed by atoms with Gasteiger partial charge in [0.05, 0.1) is 19.8 Å². The maximum absolute atomic E-state index is 12.1. The van der Waals surface area contributed by atoms with Gasteiger partial charge in [0, 0.05) is 45.1 Å². The minimum atomic E-state index is -0.904. The third-order valence-electron chi connectivity index (χ3n) is 4.87. The fraction of sp³-hybridized carbons (Fsp3) is 0.400. The van der Waals surface area contributed by atoms with Gasteiger partial charge in [-0.25, -0.2) is 0 Å². The van der Waals surface area contributed by atoms with Gasteiger partial charge in [0.25, 0.3) is 0 Å². The van der Waals surface area contributed by atoms with E-state index in [0.717, 1.165) is 25.2 Å². The van der Waals surface area contributed by atoms with Crippen LogP contribution in [0.4, 0.5) is 0 Å². The molecule has 7 heteroatoms. The summed E-state index contributed by atoms with van der Waals surface area (Å²) in [4.78, 5) is 20.6. The van der Waals surface area contributed by atoms with Crippen LogP contribution in [0, 0.1) is 0 Å². The summed E-state index contributed by atoms with van der Waals surface area (Å²) in [6.07, 6.45) is 3.63. The van der Waals surface area contributed by atoms with Gasteiger partial charge in [-0.3, -0.25) is 19.6 Å². The summed E-state index contributed by atoms with van der Waals surface area (Å²) in [6, 6.07) is 8.51. The summed E-state index contributed by atoms with van der Waals surface area (Å²) in [5, 5.41) is 9.95. The van der Waals surface area contributed by atoms with Crippen LogP contribution in [-0.4, -0.2) is 66.3 Å². The molecule has 0 aliphatic carbocycles. The molecule has 0 amide bonds. The Morgan fingerprint density at radius 3 is 2.30 bits per heavy atom. The molecular formula is C20H25N3O4. The molecule has 27 heavy (non-hydrogen) atoms. The first kappa shape index (κ1) is 19.1. The highest BCUT2D eigenvalue weighted by Gasteiger charge is 2.34. The molecule has 1 N–H and O–H groups in total. The lowest BCUT2D eigenvalue weighted by Gasteiger charge is -2.38. The highest BCUT2D eigenvalue weighted by Crippen LogP contribution is 2.37. The molecule has 1 aliphatic rings. The van der Waals surface area contributed by atoms with Crippen LogP contribution in [0.3, 0.4) is 0 Å². The standard InChI is InChI=1S/C20H25N3O4/c1-26-16-6-3-7-17(27-2)18(16)19(20(24)25)23-11-9-22(10-12-23)14-15-5-4-8-21-13-15/h3-8,13,19H,9-12,14H2,1-2H3,(H,24,25). The Labute approximate surface area is 159 Å². The first-order chi connectivity index (χ1) is 13.1. The number of ether oxygens (including phenoxy) is 2. The summed E-state index contributed by atoms with van der Waals surface area (Å²) in [5.74, 6) is 0.151. The fourth-order valence-electron chi connectivity index (χ4n) is 3.54. The summed E-state index contributed by atoms with van der Waals surface area (Å²) in [6.45, 7) is 3.69. The predicted molar refractivity (Wildman–Crippen MR) is 101 cm³/mol. The lowest BCUT2D eigenvalue weighted by molar-refractivity contribution is -0.144. The Balaban J connectivity index is 1.75. The van der Waals surface area contributed by atoms with Crippen molar-refractivity contribution in [2.75, 3.05) is 40.4 Å². The number of hydrogen-bond donors (Lipinski definition) is 1. The van der Waals surface area contributed by atoms with Crippen molar-refractivity contribution in [3.8, 4) is 11.5 Å². The molecule has 7 nitrogen and oxygen atoms in total. The van der Waals surface area contributed by atoms with Crippen molar-refractivity contribution < 1.29 is 19.4 Å². The van der Waals surface area contributed by atoms with E-state index in [9.17, 15) is 9.90 Å². The smallest absolute Gasteiger partial charge is 0.325 e. The zero-order chi connectivity index (χ0) is 19.2. The van der Waals surface area contributed by atoms with E-state index >= 15 is 0 Å². The van der Waals surface area contributed by atoms with E-state index in [2.05, 4.69) is 16.0 Å². The van der Waals surface area contributed by atoms with Crippen molar-refractivity contribution in [3.63, 3.8) is 0 Å². The maximum atomic E-state index is 12.1. The zero-order valence-electron chi connectivity index (χ0n) is 15.7. The van der Waals surface area contributed by atoms with Crippen LogP contribution in [-0.2, 0) is 11.3 Å².